The number of aliphatic hydroxyl groups is 5. The van der Waals surface area contributed by atoms with Crippen molar-refractivity contribution in [3.05, 3.63) is 11.7 Å². The molecule has 0 aliphatic carbocycles. The van der Waals surface area contributed by atoms with Gasteiger partial charge >= 0.3 is 5.95 Å². The minimum atomic E-state index is -3.08. The molecule has 0 spiro atoms. The Balaban J connectivity index is 4.40. The van der Waals surface area contributed by atoms with Gasteiger partial charge in [0.2, 0.25) is 0 Å². The smallest absolute Gasteiger partial charge is 0.321 e. The van der Waals surface area contributed by atoms with Crippen LogP contribution in [0, 0.1) is 0 Å². The summed E-state index contributed by atoms with van der Waals surface area (Å²) in [6.07, 6.45) is 0. The van der Waals surface area contributed by atoms with Gasteiger partial charge in [-0.2, -0.15) is 0 Å². The van der Waals surface area contributed by atoms with Gasteiger partial charge in [0.05, 0.1) is 0 Å². The third kappa shape index (κ3) is 2.17. The fraction of sp³-hybridized carbons (Fsp3) is 0.333. The molecule has 0 aromatic rings. The fourth-order valence-corrected chi connectivity index (χ4v) is 0.165. The lowest BCUT2D eigenvalue weighted by atomic mass is 10.4. The standard InChI is InChI=1S/C3H7NO5/c4-3(8,9)1(5)2(6)7/h5-9H,4H2. The van der Waals surface area contributed by atoms with Crippen LogP contribution in [0.25, 0.3) is 0 Å². The summed E-state index contributed by atoms with van der Waals surface area (Å²) in [6.45, 7) is 0. The van der Waals surface area contributed by atoms with Crippen LogP contribution in [0.3, 0.4) is 0 Å². The van der Waals surface area contributed by atoms with Crippen molar-refractivity contribution in [3.63, 3.8) is 0 Å². The van der Waals surface area contributed by atoms with Crippen LogP contribution >= 0.6 is 0 Å². The highest BCUT2D eigenvalue weighted by Gasteiger charge is 2.26. The van der Waals surface area contributed by atoms with Crippen molar-refractivity contribution in [2.24, 2.45) is 5.73 Å². The highest BCUT2D eigenvalue weighted by atomic mass is 16.5. The molecule has 6 nitrogen and oxygen atoms in total. The zero-order chi connectivity index (χ0) is 7.65. The van der Waals surface area contributed by atoms with E-state index in [1.165, 1.54) is 0 Å². The molecule has 7 N–H and O–H groups in total. The van der Waals surface area contributed by atoms with E-state index in [0.29, 0.717) is 0 Å². The molecule has 54 valence electrons. The average Bonchev–Trinajstić information content (AvgIpc) is 1.62. The van der Waals surface area contributed by atoms with E-state index in [1.54, 1.807) is 0 Å². The second kappa shape index (κ2) is 2.09. The van der Waals surface area contributed by atoms with Gasteiger partial charge < -0.3 is 25.5 Å². The highest BCUT2D eigenvalue weighted by molar-refractivity contribution is 4.98. The number of rotatable bonds is 1. The number of hydrogen-bond acceptors (Lipinski definition) is 6. The summed E-state index contributed by atoms with van der Waals surface area (Å²) in [7, 11) is 0. The fourth-order valence-electron chi connectivity index (χ4n) is 0.165. The van der Waals surface area contributed by atoms with Crippen LogP contribution in [0.2, 0.25) is 0 Å². The molecule has 0 saturated heterocycles. The van der Waals surface area contributed by atoms with Gasteiger partial charge in [-0.05, 0) is 0 Å². The van der Waals surface area contributed by atoms with Crippen molar-refractivity contribution >= 4 is 0 Å². The first kappa shape index (κ1) is 8.02. The molecule has 0 bridgehead atoms. The Hall–Kier alpha value is -0.980. The van der Waals surface area contributed by atoms with E-state index in [-0.39, 0.29) is 0 Å². The summed E-state index contributed by atoms with van der Waals surface area (Å²) in [4.78, 5) is 0. The molecule has 0 aromatic heterocycles. The molecule has 9 heavy (non-hydrogen) atoms. The maximum Gasteiger partial charge on any atom is 0.321 e. The van der Waals surface area contributed by atoms with Gasteiger partial charge in [0.25, 0.3) is 11.7 Å². The Bertz CT molecular complexity index is 130. The summed E-state index contributed by atoms with van der Waals surface area (Å²) >= 11 is 0. The first-order chi connectivity index (χ1) is 3.85. The number of nitrogens with two attached hydrogens (primary N) is 1. The van der Waals surface area contributed by atoms with Crippen LogP contribution in [-0.2, 0) is 0 Å². The highest BCUT2D eigenvalue weighted by Crippen LogP contribution is 2.04. The SMILES string of the molecule is NC(O)(O)C(O)=C(O)O. The molecule has 0 heterocycles. The molecule has 0 aliphatic heterocycles. The molecule has 0 aliphatic rings. The van der Waals surface area contributed by atoms with Gasteiger partial charge in [0.15, 0.2) is 0 Å². The van der Waals surface area contributed by atoms with Crippen molar-refractivity contribution in [1.82, 2.24) is 0 Å². The van der Waals surface area contributed by atoms with E-state index in [4.69, 9.17) is 25.5 Å². The van der Waals surface area contributed by atoms with Gasteiger partial charge in [0.1, 0.15) is 0 Å². The Morgan fingerprint density at radius 1 is 1.11 bits per heavy atom. The van der Waals surface area contributed by atoms with Crippen LogP contribution in [-0.4, -0.2) is 31.4 Å². The maximum absolute atomic E-state index is 8.22. The summed E-state index contributed by atoms with van der Waals surface area (Å²) in [5.74, 6) is -6.20. The molecular weight excluding hydrogens is 130 g/mol. The molecule has 0 rings (SSSR count). The predicted octanol–water partition coefficient (Wildman–Crippen LogP) is -1.57. The van der Waals surface area contributed by atoms with Crippen LogP contribution < -0.4 is 5.73 Å². The van der Waals surface area contributed by atoms with Gasteiger partial charge in [0, 0.05) is 0 Å². The molecule has 0 saturated carbocycles. The molecule has 0 radical (unpaired) electrons. The zero-order valence-electron chi connectivity index (χ0n) is 4.31. The van der Waals surface area contributed by atoms with E-state index < -0.39 is 17.6 Å². The van der Waals surface area contributed by atoms with Crippen LogP contribution in [0.1, 0.15) is 0 Å². The van der Waals surface area contributed by atoms with E-state index in [1.807, 2.05) is 0 Å². The van der Waals surface area contributed by atoms with Gasteiger partial charge in [-0.15, -0.1) is 0 Å². The molecule has 0 atom stereocenters. The summed E-state index contributed by atoms with van der Waals surface area (Å²) in [6, 6.07) is 0. The van der Waals surface area contributed by atoms with Crippen molar-refractivity contribution in [2.75, 3.05) is 0 Å². The Labute approximate surface area is 50.1 Å². The predicted molar refractivity (Wildman–Crippen MR) is 26.3 cm³/mol. The monoisotopic (exact) mass is 137 g/mol. The molecule has 0 amide bonds. The first-order valence-corrected chi connectivity index (χ1v) is 1.91. The second-order valence-electron chi connectivity index (χ2n) is 1.40. The van der Waals surface area contributed by atoms with Gasteiger partial charge in [-0.1, -0.05) is 0 Å². The third-order valence-corrected chi connectivity index (χ3v) is 0.560. The van der Waals surface area contributed by atoms with Gasteiger partial charge in [-0.25, -0.2) is 0 Å². The largest absolute Gasteiger partial charge is 0.501 e. The van der Waals surface area contributed by atoms with Crippen molar-refractivity contribution in [2.45, 2.75) is 5.91 Å². The second-order valence-corrected chi connectivity index (χ2v) is 1.40. The van der Waals surface area contributed by atoms with Crippen LogP contribution in [0.4, 0.5) is 0 Å². The quantitative estimate of drug-likeness (QED) is 0.191. The zero-order valence-corrected chi connectivity index (χ0v) is 4.31. The average molecular weight is 137 g/mol. The van der Waals surface area contributed by atoms with Crippen molar-refractivity contribution in [1.29, 1.82) is 0 Å². The Morgan fingerprint density at radius 2 is 1.44 bits per heavy atom. The number of hydrogen-bond donors (Lipinski definition) is 6. The normalized spacial score (nSPS) is 11.0. The van der Waals surface area contributed by atoms with E-state index >= 15 is 0 Å². The lowest BCUT2D eigenvalue weighted by Crippen LogP contribution is -2.42. The first-order valence-electron chi connectivity index (χ1n) is 1.91. The van der Waals surface area contributed by atoms with Crippen molar-refractivity contribution in [3.8, 4) is 0 Å². The van der Waals surface area contributed by atoms with Crippen molar-refractivity contribution < 1.29 is 25.5 Å². The minimum absolute atomic E-state index is 1.50. The molecule has 6 heteroatoms. The van der Waals surface area contributed by atoms with Crippen LogP contribution in [0.5, 0.6) is 0 Å². The lowest BCUT2D eigenvalue weighted by Gasteiger charge is -2.12. The Morgan fingerprint density at radius 3 is 1.44 bits per heavy atom. The number of aliphatic hydroxyl groups excluding tert-OH is 2. The summed E-state index contributed by atoms with van der Waals surface area (Å²) in [5, 5.41) is 40.4. The molecule has 0 aromatic carbocycles. The molecule has 0 fully saturated rings. The van der Waals surface area contributed by atoms with E-state index in [9.17, 15) is 0 Å². The molecular formula is C3H7NO5. The van der Waals surface area contributed by atoms with E-state index in [0.717, 1.165) is 0 Å². The topological polar surface area (TPSA) is 127 Å². The minimum Gasteiger partial charge on any atom is -0.501 e. The van der Waals surface area contributed by atoms with Crippen LogP contribution in [0.15, 0.2) is 11.7 Å². The van der Waals surface area contributed by atoms with E-state index in [2.05, 4.69) is 5.73 Å². The lowest BCUT2D eigenvalue weighted by molar-refractivity contribution is -0.153. The molecule has 0 unspecified atom stereocenters. The summed E-state index contributed by atoms with van der Waals surface area (Å²) < 4.78 is 0. The Kier molecular flexibility index (Phi) is 1.87. The summed E-state index contributed by atoms with van der Waals surface area (Å²) in [5.41, 5.74) is 4.36. The maximum atomic E-state index is 8.22. The third-order valence-electron chi connectivity index (χ3n) is 0.560. The van der Waals surface area contributed by atoms with Gasteiger partial charge in [-0.3, -0.25) is 5.73 Å².